The standard InChI is InChI=1S/C16H8Cl3N3O6S/c17-9-3-11(16(24)13(19)4-9)15(23)8-6-20-21(7-8)29(27,28)10-1-2-12(18)14(5-10)22(25)26/h1-7,24H. The smallest absolute Gasteiger partial charge is 0.289 e. The molecule has 0 bridgehead atoms. The molecule has 0 fully saturated rings. The number of hydrogen-bond donors (Lipinski definition) is 1. The third-order valence-electron chi connectivity index (χ3n) is 3.75. The molecule has 0 aliphatic heterocycles. The van der Waals surface area contributed by atoms with Crippen molar-refractivity contribution >= 4 is 56.3 Å². The summed E-state index contributed by atoms with van der Waals surface area (Å²) in [5.41, 5.74) is -1.04. The highest BCUT2D eigenvalue weighted by Gasteiger charge is 2.25. The summed E-state index contributed by atoms with van der Waals surface area (Å²) in [6, 6.07) is 5.31. The molecule has 29 heavy (non-hydrogen) atoms. The monoisotopic (exact) mass is 475 g/mol. The van der Waals surface area contributed by atoms with Crippen molar-refractivity contribution in [1.29, 1.82) is 0 Å². The third-order valence-corrected chi connectivity index (χ3v) is 6.12. The predicted molar refractivity (Wildman–Crippen MR) is 104 cm³/mol. The van der Waals surface area contributed by atoms with Gasteiger partial charge in [-0.1, -0.05) is 34.8 Å². The average Bonchev–Trinajstić information content (AvgIpc) is 3.15. The van der Waals surface area contributed by atoms with Crippen molar-refractivity contribution in [3.8, 4) is 5.75 Å². The summed E-state index contributed by atoms with van der Waals surface area (Å²) in [5, 5.41) is 24.3. The molecule has 13 heteroatoms. The molecule has 0 unspecified atom stereocenters. The minimum absolute atomic E-state index is 0.0876. The number of carbonyl (C=O) groups excluding carboxylic acids is 1. The molecule has 0 saturated carbocycles. The Labute approximate surface area is 178 Å². The number of hydrogen-bond acceptors (Lipinski definition) is 7. The van der Waals surface area contributed by atoms with E-state index in [1.54, 1.807) is 0 Å². The molecule has 3 rings (SSSR count). The molecule has 0 aliphatic carbocycles. The van der Waals surface area contributed by atoms with Gasteiger partial charge in [0.15, 0.2) is 5.78 Å². The van der Waals surface area contributed by atoms with Gasteiger partial charge in [-0.15, -0.1) is 0 Å². The van der Waals surface area contributed by atoms with E-state index in [9.17, 15) is 28.4 Å². The second-order valence-corrected chi connectivity index (χ2v) is 8.64. The Bertz CT molecular complexity index is 1270. The molecule has 1 aromatic heterocycles. The van der Waals surface area contributed by atoms with Crippen molar-refractivity contribution in [2.45, 2.75) is 4.90 Å². The van der Waals surface area contributed by atoms with Crippen LogP contribution in [-0.2, 0) is 10.0 Å². The van der Waals surface area contributed by atoms with E-state index < -0.39 is 37.1 Å². The van der Waals surface area contributed by atoms with Crippen LogP contribution in [0.25, 0.3) is 0 Å². The van der Waals surface area contributed by atoms with Crippen LogP contribution < -0.4 is 0 Å². The third kappa shape index (κ3) is 3.92. The van der Waals surface area contributed by atoms with Gasteiger partial charge in [0.2, 0.25) is 0 Å². The van der Waals surface area contributed by atoms with E-state index in [2.05, 4.69) is 5.10 Å². The molecule has 1 N–H and O–H groups in total. The molecule has 9 nitrogen and oxygen atoms in total. The number of ketones is 1. The predicted octanol–water partition coefficient (Wildman–Crippen LogP) is 3.93. The van der Waals surface area contributed by atoms with Crippen molar-refractivity contribution < 1.29 is 23.2 Å². The van der Waals surface area contributed by atoms with Gasteiger partial charge in [-0.3, -0.25) is 14.9 Å². The normalized spacial score (nSPS) is 11.4. The minimum atomic E-state index is -4.36. The van der Waals surface area contributed by atoms with Crippen LogP contribution in [0.5, 0.6) is 5.75 Å². The maximum atomic E-state index is 12.7. The number of carbonyl (C=O) groups is 1. The van der Waals surface area contributed by atoms with Crippen LogP contribution in [0.1, 0.15) is 15.9 Å². The number of benzene rings is 2. The van der Waals surface area contributed by atoms with Crippen LogP contribution in [0.3, 0.4) is 0 Å². The van der Waals surface area contributed by atoms with Gasteiger partial charge in [0, 0.05) is 11.1 Å². The summed E-state index contributed by atoms with van der Waals surface area (Å²) >= 11 is 17.3. The van der Waals surface area contributed by atoms with Crippen molar-refractivity contribution in [2.24, 2.45) is 0 Å². The Hall–Kier alpha value is -2.66. The Morgan fingerprint density at radius 2 is 1.83 bits per heavy atom. The summed E-state index contributed by atoms with van der Waals surface area (Å²) in [7, 11) is -4.36. The number of phenolic OH excluding ortho intramolecular Hbond substituents is 1. The molecule has 1 heterocycles. The Morgan fingerprint density at radius 3 is 2.48 bits per heavy atom. The van der Waals surface area contributed by atoms with Crippen molar-refractivity contribution in [3.63, 3.8) is 0 Å². The van der Waals surface area contributed by atoms with Crippen LogP contribution >= 0.6 is 34.8 Å². The number of halogens is 3. The van der Waals surface area contributed by atoms with Gasteiger partial charge < -0.3 is 5.11 Å². The van der Waals surface area contributed by atoms with Gasteiger partial charge in [-0.2, -0.15) is 17.6 Å². The number of nitro benzene ring substituents is 1. The first-order valence-electron chi connectivity index (χ1n) is 7.49. The molecule has 0 amide bonds. The summed E-state index contributed by atoms with van der Waals surface area (Å²) in [6.07, 6.45) is 1.85. The summed E-state index contributed by atoms with van der Waals surface area (Å²) in [5.74, 6) is -1.31. The molecule has 0 spiro atoms. The van der Waals surface area contributed by atoms with Crippen molar-refractivity contribution in [2.75, 3.05) is 0 Å². The van der Waals surface area contributed by atoms with E-state index in [4.69, 9.17) is 34.8 Å². The molecule has 2 aromatic carbocycles. The Balaban J connectivity index is 2.03. The molecular formula is C16H8Cl3N3O6S. The average molecular weight is 477 g/mol. The van der Waals surface area contributed by atoms with E-state index in [0.29, 0.717) is 4.09 Å². The Morgan fingerprint density at radius 1 is 1.14 bits per heavy atom. The molecule has 0 aliphatic rings. The van der Waals surface area contributed by atoms with E-state index in [1.807, 2.05) is 0 Å². The molecule has 0 saturated heterocycles. The van der Waals surface area contributed by atoms with E-state index in [-0.39, 0.29) is 26.2 Å². The summed E-state index contributed by atoms with van der Waals surface area (Å²) in [6.45, 7) is 0. The Kier molecular flexibility index (Phi) is 5.54. The number of nitro groups is 1. The largest absolute Gasteiger partial charge is 0.506 e. The fourth-order valence-corrected chi connectivity index (χ4v) is 4.17. The number of rotatable bonds is 5. The van der Waals surface area contributed by atoms with E-state index in [1.165, 1.54) is 12.1 Å². The molecule has 150 valence electrons. The number of aromatic nitrogens is 2. The van der Waals surface area contributed by atoms with Gasteiger partial charge >= 0.3 is 0 Å². The fourth-order valence-electron chi connectivity index (χ4n) is 2.35. The van der Waals surface area contributed by atoms with Crippen LogP contribution in [0.2, 0.25) is 15.1 Å². The van der Waals surface area contributed by atoms with Crippen LogP contribution in [0.4, 0.5) is 5.69 Å². The zero-order chi connectivity index (χ0) is 21.5. The second kappa shape index (κ2) is 7.64. The van der Waals surface area contributed by atoms with Gasteiger partial charge in [-0.25, -0.2) is 0 Å². The lowest BCUT2D eigenvalue weighted by molar-refractivity contribution is -0.384. The lowest BCUT2D eigenvalue weighted by Crippen LogP contribution is -2.14. The first-order valence-corrected chi connectivity index (χ1v) is 10.1. The fraction of sp³-hybridized carbons (Fsp3) is 0. The second-order valence-electron chi connectivity index (χ2n) is 5.59. The van der Waals surface area contributed by atoms with Gasteiger partial charge in [0.25, 0.3) is 15.7 Å². The maximum Gasteiger partial charge on any atom is 0.289 e. The molecule has 0 atom stereocenters. The zero-order valence-electron chi connectivity index (χ0n) is 13.9. The SMILES string of the molecule is O=C(c1cnn(S(=O)(=O)c2ccc(Cl)c([N+](=O)[O-])c2)c1)c1cc(Cl)cc(Cl)c1O. The van der Waals surface area contributed by atoms with Crippen molar-refractivity contribution in [1.82, 2.24) is 9.19 Å². The quantitative estimate of drug-likeness (QED) is 0.335. The van der Waals surface area contributed by atoms with E-state index >= 15 is 0 Å². The highest BCUT2D eigenvalue weighted by atomic mass is 35.5. The maximum absolute atomic E-state index is 12.7. The molecule has 3 aromatic rings. The molecular weight excluding hydrogens is 469 g/mol. The van der Waals surface area contributed by atoms with E-state index in [0.717, 1.165) is 30.6 Å². The first kappa shape index (κ1) is 21.1. The summed E-state index contributed by atoms with van der Waals surface area (Å²) in [4.78, 5) is 22.3. The zero-order valence-corrected chi connectivity index (χ0v) is 17.0. The van der Waals surface area contributed by atoms with Crippen LogP contribution in [0.15, 0.2) is 47.6 Å². The lowest BCUT2D eigenvalue weighted by atomic mass is 10.1. The molecule has 0 radical (unpaired) electrons. The first-order chi connectivity index (χ1) is 13.5. The topological polar surface area (TPSA) is 132 Å². The summed E-state index contributed by atoms with van der Waals surface area (Å²) < 4.78 is 25.9. The van der Waals surface area contributed by atoms with Crippen LogP contribution in [-0.4, -0.2) is 33.4 Å². The van der Waals surface area contributed by atoms with Gasteiger partial charge in [0.1, 0.15) is 10.8 Å². The highest BCUT2D eigenvalue weighted by Crippen LogP contribution is 2.33. The number of phenols is 1. The highest BCUT2D eigenvalue weighted by molar-refractivity contribution is 7.89. The van der Waals surface area contributed by atoms with Gasteiger partial charge in [-0.05, 0) is 24.3 Å². The van der Waals surface area contributed by atoms with Crippen molar-refractivity contribution in [3.05, 3.63) is 79.0 Å². The van der Waals surface area contributed by atoms with Gasteiger partial charge in [0.05, 0.1) is 38.4 Å². The van der Waals surface area contributed by atoms with Crippen LogP contribution in [0, 0.1) is 10.1 Å². The number of nitrogens with zero attached hydrogens (tertiary/aromatic N) is 3. The number of aromatic hydroxyl groups is 1. The lowest BCUT2D eigenvalue weighted by Gasteiger charge is -2.06. The minimum Gasteiger partial charge on any atom is -0.506 e.